The van der Waals surface area contributed by atoms with Gasteiger partial charge in [0.05, 0.1) is 17.1 Å². The Morgan fingerprint density at radius 2 is 0.885 bits per heavy atom. The fraction of sp³-hybridized carbons (Fsp3) is 0.121. The normalized spacial score (nSPS) is 13.2. The van der Waals surface area contributed by atoms with E-state index in [9.17, 15) is 0 Å². The van der Waals surface area contributed by atoms with Gasteiger partial charge in [-0.3, -0.25) is 15.0 Å². The molecule has 0 saturated carbocycles. The van der Waals surface area contributed by atoms with Crippen molar-refractivity contribution in [2.75, 3.05) is 0 Å². The average Bonchev–Trinajstić information content (AvgIpc) is 3.33. The number of aromatic nitrogens is 3. The summed E-state index contributed by atoms with van der Waals surface area (Å²) in [5, 5.41) is 0. The van der Waals surface area contributed by atoms with Crippen molar-refractivity contribution in [3.63, 3.8) is 0 Å². The smallest absolute Gasteiger partial charge is 0.0711 e. The molecule has 3 nitrogen and oxygen atoms in total. The highest BCUT2D eigenvalue weighted by molar-refractivity contribution is 5.75. The van der Waals surface area contributed by atoms with Crippen LogP contribution in [0.15, 0.2) is 219 Å². The summed E-state index contributed by atoms with van der Waals surface area (Å²) in [4.78, 5) is 15.4. The van der Waals surface area contributed by atoms with Crippen LogP contribution in [-0.2, 0) is 23.7 Å². The summed E-state index contributed by atoms with van der Waals surface area (Å²) in [6.07, 6.45) is 5.25. The molecule has 0 aliphatic heterocycles. The van der Waals surface area contributed by atoms with E-state index in [4.69, 9.17) is 15.0 Å². The van der Waals surface area contributed by atoms with Gasteiger partial charge in [-0.15, -0.1) is 0 Å². The molecule has 296 valence electrons. The molecule has 0 N–H and O–H groups in total. The molecule has 0 fully saturated rings. The summed E-state index contributed by atoms with van der Waals surface area (Å²) in [7, 11) is 0. The molecule has 9 rings (SSSR count). The highest BCUT2D eigenvalue weighted by Crippen LogP contribution is 2.40. The van der Waals surface area contributed by atoms with Crippen LogP contribution in [0, 0.1) is 6.92 Å². The van der Waals surface area contributed by atoms with Gasteiger partial charge in [-0.25, -0.2) is 0 Å². The molecular formula is C58H49N3. The Hall–Kier alpha value is -7.23. The second kappa shape index (κ2) is 17.2. The molecule has 3 aromatic heterocycles. The van der Waals surface area contributed by atoms with Gasteiger partial charge in [0.15, 0.2) is 0 Å². The lowest BCUT2D eigenvalue weighted by Crippen LogP contribution is -2.29. The Labute approximate surface area is 360 Å². The van der Waals surface area contributed by atoms with Crippen LogP contribution in [0.4, 0.5) is 0 Å². The van der Waals surface area contributed by atoms with E-state index in [1.165, 1.54) is 55.6 Å². The summed E-state index contributed by atoms with van der Waals surface area (Å²) < 4.78 is 0. The summed E-state index contributed by atoms with van der Waals surface area (Å²) in [6, 6.07) is 73.6. The van der Waals surface area contributed by atoms with E-state index in [1.54, 1.807) is 0 Å². The third-order valence-electron chi connectivity index (χ3n) is 12.5. The Bertz CT molecular complexity index is 2820. The highest BCUT2D eigenvalue weighted by Gasteiger charge is 2.33. The maximum absolute atomic E-state index is 5.55. The second-order valence-electron chi connectivity index (χ2n) is 16.5. The number of hydrogen-bond donors (Lipinski definition) is 0. The topological polar surface area (TPSA) is 38.7 Å². The average molecular weight is 788 g/mol. The third-order valence-corrected chi connectivity index (χ3v) is 12.5. The number of rotatable bonds is 12. The van der Waals surface area contributed by atoms with Crippen molar-refractivity contribution in [3.8, 4) is 44.6 Å². The molecule has 2 unspecified atom stereocenters. The molecule has 2 atom stereocenters. The van der Waals surface area contributed by atoms with E-state index in [0.717, 1.165) is 34.8 Å². The Morgan fingerprint density at radius 1 is 0.393 bits per heavy atom. The number of nitrogens with zero attached hydrogens (tertiary/aromatic N) is 3. The van der Waals surface area contributed by atoms with E-state index in [2.05, 4.69) is 215 Å². The molecule has 0 aliphatic rings. The van der Waals surface area contributed by atoms with Gasteiger partial charge in [0.2, 0.25) is 0 Å². The zero-order valence-electron chi connectivity index (χ0n) is 35.0. The van der Waals surface area contributed by atoms with Crippen LogP contribution in [0.1, 0.15) is 53.2 Å². The minimum absolute atomic E-state index is 0.405. The lowest BCUT2D eigenvalue weighted by atomic mass is 9.73. The van der Waals surface area contributed by atoms with Gasteiger partial charge < -0.3 is 0 Å². The van der Waals surface area contributed by atoms with E-state index < -0.39 is 10.8 Å². The number of pyridine rings is 3. The molecular weight excluding hydrogens is 739 g/mol. The maximum atomic E-state index is 5.55. The van der Waals surface area contributed by atoms with Crippen molar-refractivity contribution < 1.29 is 0 Å². The molecule has 9 aromatic rings. The Balaban J connectivity index is 1.11. The minimum atomic E-state index is -0.416. The minimum Gasteiger partial charge on any atom is -0.260 e. The van der Waals surface area contributed by atoms with Crippen molar-refractivity contribution in [2.45, 2.75) is 44.4 Å². The molecule has 0 aliphatic carbocycles. The summed E-state index contributed by atoms with van der Waals surface area (Å²) in [5.74, 6) is 0. The first-order valence-corrected chi connectivity index (χ1v) is 21.2. The van der Waals surface area contributed by atoms with Crippen molar-refractivity contribution in [2.24, 2.45) is 0 Å². The fourth-order valence-electron chi connectivity index (χ4n) is 8.88. The SMILES string of the molecule is Cc1c(-c2ccccc2)cc(-c2cccc(CC(C)(c3cccc(-c4ccc(-c5ccccc5)cc4)c3)c3ccccn3)c2)nc1CC(C)(c1ccccc1)c1ccccn1. The quantitative estimate of drug-likeness (QED) is 0.124. The van der Waals surface area contributed by atoms with Gasteiger partial charge in [-0.05, 0) is 119 Å². The fourth-order valence-corrected chi connectivity index (χ4v) is 8.88. The monoisotopic (exact) mass is 787 g/mol. The van der Waals surface area contributed by atoms with Gasteiger partial charge in [0.1, 0.15) is 0 Å². The van der Waals surface area contributed by atoms with Crippen LogP contribution >= 0.6 is 0 Å². The standard InChI is InChI=1S/C58H49N3/c1-42-52(47-22-9-5-10-23-47)39-53(61-54(42)41-58(3,50-26-11-6-12-27-50)56-30-14-16-36-60-56)49-25-17-19-43(37-49)40-57(2,55-29-13-15-35-59-55)51-28-18-24-48(38-51)46-33-31-45(32-34-46)44-20-7-4-8-21-44/h4-39H,40-41H2,1-3H3. The maximum Gasteiger partial charge on any atom is 0.0711 e. The third kappa shape index (κ3) is 8.20. The van der Waals surface area contributed by atoms with Crippen molar-refractivity contribution >= 4 is 0 Å². The van der Waals surface area contributed by atoms with Crippen LogP contribution in [0.3, 0.4) is 0 Å². The lowest BCUT2D eigenvalue weighted by Gasteiger charge is -2.31. The van der Waals surface area contributed by atoms with Crippen molar-refractivity contribution in [1.29, 1.82) is 0 Å². The van der Waals surface area contributed by atoms with E-state index in [1.807, 2.05) is 24.5 Å². The van der Waals surface area contributed by atoms with E-state index in [0.29, 0.717) is 6.42 Å². The van der Waals surface area contributed by atoms with Gasteiger partial charge in [0, 0.05) is 40.9 Å². The van der Waals surface area contributed by atoms with Crippen LogP contribution in [0.2, 0.25) is 0 Å². The first-order valence-electron chi connectivity index (χ1n) is 21.2. The largest absolute Gasteiger partial charge is 0.260 e. The van der Waals surface area contributed by atoms with E-state index >= 15 is 0 Å². The van der Waals surface area contributed by atoms with Gasteiger partial charge in [0.25, 0.3) is 0 Å². The lowest BCUT2D eigenvalue weighted by molar-refractivity contribution is 0.540. The molecule has 0 amide bonds. The van der Waals surface area contributed by atoms with Crippen LogP contribution in [0.25, 0.3) is 44.6 Å². The highest BCUT2D eigenvalue weighted by atomic mass is 14.8. The van der Waals surface area contributed by atoms with Crippen molar-refractivity contribution in [1.82, 2.24) is 15.0 Å². The molecule has 3 heteroatoms. The molecule has 61 heavy (non-hydrogen) atoms. The summed E-state index contributed by atoms with van der Waals surface area (Å²) >= 11 is 0. The van der Waals surface area contributed by atoms with Gasteiger partial charge in [-0.2, -0.15) is 0 Å². The Kier molecular flexibility index (Phi) is 11.0. The number of benzene rings is 6. The predicted octanol–water partition coefficient (Wildman–Crippen LogP) is 13.9. The molecule has 3 heterocycles. The van der Waals surface area contributed by atoms with Crippen LogP contribution < -0.4 is 0 Å². The van der Waals surface area contributed by atoms with Crippen LogP contribution in [-0.4, -0.2) is 15.0 Å². The molecule has 0 radical (unpaired) electrons. The summed E-state index contributed by atoms with van der Waals surface area (Å²) in [6.45, 7) is 6.85. The first-order chi connectivity index (χ1) is 29.9. The van der Waals surface area contributed by atoms with Crippen LogP contribution in [0.5, 0.6) is 0 Å². The molecule has 0 saturated heterocycles. The van der Waals surface area contributed by atoms with Gasteiger partial charge in [-0.1, -0.05) is 170 Å². The molecule has 0 bridgehead atoms. The summed E-state index contributed by atoms with van der Waals surface area (Å²) in [5.41, 5.74) is 16.4. The molecule has 6 aromatic carbocycles. The van der Waals surface area contributed by atoms with Crippen molar-refractivity contribution in [3.05, 3.63) is 258 Å². The Morgan fingerprint density at radius 3 is 1.51 bits per heavy atom. The van der Waals surface area contributed by atoms with E-state index in [-0.39, 0.29) is 0 Å². The zero-order valence-corrected chi connectivity index (χ0v) is 35.0. The zero-order chi connectivity index (χ0) is 41.7. The van der Waals surface area contributed by atoms with Gasteiger partial charge >= 0.3 is 0 Å². The molecule has 0 spiro atoms. The second-order valence-corrected chi connectivity index (χ2v) is 16.5. The predicted molar refractivity (Wildman–Crippen MR) is 252 cm³/mol. The first kappa shape index (κ1) is 39.2. The number of hydrogen-bond acceptors (Lipinski definition) is 3.